The van der Waals surface area contributed by atoms with Crippen molar-refractivity contribution in [2.24, 2.45) is 5.92 Å². The summed E-state index contributed by atoms with van der Waals surface area (Å²) in [5.74, 6) is -2.39. The van der Waals surface area contributed by atoms with Crippen molar-refractivity contribution in [3.63, 3.8) is 0 Å². The quantitative estimate of drug-likeness (QED) is 0.380. The van der Waals surface area contributed by atoms with E-state index in [4.69, 9.17) is 9.47 Å². The largest absolute Gasteiger partial charge is 0.444 e. The lowest BCUT2D eigenvalue weighted by Crippen LogP contribution is -2.58. The molecule has 1 aromatic carbocycles. The highest BCUT2D eigenvalue weighted by Gasteiger charge is 2.62. The minimum Gasteiger partial charge on any atom is -0.444 e. The van der Waals surface area contributed by atoms with Gasteiger partial charge in [-0.1, -0.05) is 56.2 Å². The maximum atomic E-state index is 14.4. The molecule has 6 atom stereocenters. The predicted molar refractivity (Wildman–Crippen MR) is 190 cm³/mol. The van der Waals surface area contributed by atoms with Gasteiger partial charge in [-0.25, -0.2) is 18.0 Å². The number of hydrogen-bond acceptors (Lipinski definition) is 9. The van der Waals surface area contributed by atoms with Crippen LogP contribution in [-0.4, -0.2) is 95.8 Å². The number of amides is 5. The molecule has 1 saturated heterocycles. The van der Waals surface area contributed by atoms with Gasteiger partial charge in [0.2, 0.25) is 21.8 Å². The van der Waals surface area contributed by atoms with Crippen molar-refractivity contribution >= 4 is 39.9 Å². The topological polar surface area (TPSA) is 181 Å². The number of carbonyl (C=O) groups excluding carboxylic acids is 5. The summed E-state index contributed by atoms with van der Waals surface area (Å²) < 4.78 is 39.2. The monoisotopic (exact) mass is 741 g/mol. The molecule has 3 aliphatic heterocycles. The number of nitrogens with zero attached hydrogens (tertiary/aromatic N) is 2. The van der Waals surface area contributed by atoms with E-state index in [1.165, 1.54) is 10.5 Å². The van der Waals surface area contributed by atoms with Gasteiger partial charge in [0.05, 0.1) is 11.8 Å². The zero-order valence-electron chi connectivity index (χ0n) is 30.4. The first-order chi connectivity index (χ1) is 24.6. The third kappa shape index (κ3) is 8.56. The first-order valence-corrected chi connectivity index (χ1v) is 20.0. The van der Waals surface area contributed by atoms with Crippen LogP contribution in [0, 0.1) is 5.92 Å². The van der Waals surface area contributed by atoms with Gasteiger partial charge in [0, 0.05) is 25.4 Å². The highest BCUT2D eigenvalue weighted by atomic mass is 32.2. The molecule has 5 aliphatic rings. The number of fused-ring (bicyclic) bond motifs is 3. The summed E-state index contributed by atoms with van der Waals surface area (Å²) in [6.45, 7) is 7.86. The second-order valence-electron chi connectivity index (χ2n) is 15.9. The third-order valence-corrected chi connectivity index (χ3v) is 12.3. The smallest absolute Gasteiger partial charge is 0.410 e. The van der Waals surface area contributed by atoms with Gasteiger partial charge in [0.25, 0.3) is 5.91 Å². The van der Waals surface area contributed by atoms with Gasteiger partial charge in [-0.15, -0.1) is 0 Å². The van der Waals surface area contributed by atoms with Crippen LogP contribution in [0.2, 0.25) is 0 Å². The van der Waals surface area contributed by atoms with E-state index in [0.29, 0.717) is 38.8 Å². The number of benzene rings is 1. The predicted octanol–water partition coefficient (Wildman–Crippen LogP) is 3.61. The molecule has 2 aliphatic carbocycles. The molecular weight excluding hydrogens is 690 g/mol. The zero-order chi connectivity index (χ0) is 37.4. The Morgan fingerprint density at radius 2 is 1.77 bits per heavy atom. The van der Waals surface area contributed by atoms with Crippen LogP contribution in [0.1, 0.15) is 103 Å². The Labute approximate surface area is 305 Å². The fraction of sp³-hybridized carbons (Fsp3) is 0.649. The van der Waals surface area contributed by atoms with Gasteiger partial charge in [-0.3, -0.25) is 19.1 Å². The highest BCUT2D eigenvalue weighted by molar-refractivity contribution is 7.91. The Kier molecular flexibility index (Phi) is 10.6. The number of sulfonamides is 1. The summed E-state index contributed by atoms with van der Waals surface area (Å²) in [5, 5.41) is 4.90. The molecule has 5 amide bonds. The van der Waals surface area contributed by atoms with E-state index in [-0.39, 0.29) is 31.7 Å². The molecule has 0 spiro atoms. The number of nitrogens with one attached hydrogen (secondary N) is 3. The molecule has 14 nitrogen and oxygen atoms in total. The number of hydrogen-bond donors (Lipinski definition) is 3. The lowest BCUT2D eigenvalue weighted by Gasteiger charge is -2.33. The second-order valence-corrected chi connectivity index (χ2v) is 17.9. The molecule has 0 bridgehead atoms. The number of rotatable bonds is 5. The number of ether oxygens (including phenoxy) is 2. The standard InChI is InChI=1S/C37H51N5O9S/c1-23-20-41(21-24-12-10-11-14-28(23)24)35(47)50-26-18-30-31(43)39-37(33(45)40-52(48,49)27-16-17-27)19-25(37)13-8-6-5-7-9-15-29(32(44)42(30)22-26)38-34(46)51-36(2,3)4/h8,10-14,23,25-27,29-30H,5-7,9,15-22H2,1-4H3,(H,38,46)(H,39,43)(H,40,45)/t23?,25-,26-,29+,30+,37-/m1/s1. The van der Waals surface area contributed by atoms with Crippen molar-refractivity contribution in [2.45, 2.75) is 133 Å². The van der Waals surface area contributed by atoms with E-state index in [2.05, 4.69) is 15.4 Å². The molecule has 6 rings (SSSR count). The highest BCUT2D eigenvalue weighted by Crippen LogP contribution is 2.46. The number of alkyl carbamates (subject to hydrolysis) is 1. The molecule has 284 valence electrons. The lowest BCUT2D eigenvalue weighted by molar-refractivity contribution is -0.141. The van der Waals surface area contributed by atoms with Crippen LogP contribution in [0.4, 0.5) is 9.59 Å². The van der Waals surface area contributed by atoms with Crippen LogP contribution >= 0.6 is 0 Å². The molecule has 3 heterocycles. The van der Waals surface area contributed by atoms with E-state index in [1.54, 1.807) is 25.7 Å². The Morgan fingerprint density at radius 3 is 2.50 bits per heavy atom. The van der Waals surface area contributed by atoms with Gasteiger partial charge in [0.15, 0.2) is 0 Å². The zero-order valence-corrected chi connectivity index (χ0v) is 31.2. The Hall–Kier alpha value is -4.14. The van der Waals surface area contributed by atoms with Crippen molar-refractivity contribution in [3.05, 3.63) is 47.5 Å². The van der Waals surface area contributed by atoms with Gasteiger partial charge in [0.1, 0.15) is 29.3 Å². The van der Waals surface area contributed by atoms with E-state index in [1.807, 2.05) is 43.3 Å². The third-order valence-electron chi connectivity index (χ3n) is 10.5. The van der Waals surface area contributed by atoms with Crippen LogP contribution in [0.25, 0.3) is 0 Å². The average Bonchev–Trinajstić information content (AvgIpc) is 3.99. The van der Waals surface area contributed by atoms with Crippen LogP contribution < -0.4 is 15.4 Å². The fourth-order valence-electron chi connectivity index (χ4n) is 7.51. The van der Waals surface area contributed by atoms with Crippen molar-refractivity contribution in [3.8, 4) is 0 Å². The Morgan fingerprint density at radius 1 is 1.02 bits per heavy atom. The summed E-state index contributed by atoms with van der Waals surface area (Å²) in [4.78, 5) is 71.6. The van der Waals surface area contributed by atoms with Crippen molar-refractivity contribution in [1.29, 1.82) is 0 Å². The summed E-state index contributed by atoms with van der Waals surface area (Å²) in [7, 11) is -3.90. The van der Waals surface area contributed by atoms with E-state index in [9.17, 15) is 32.4 Å². The van der Waals surface area contributed by atoms with Gasteiger partial charge in [-0.05, 0) is 76.3 Å². The number of allylic oxidation sites excluding steroid dienone is 1. The van der Waals surface area contributed by atoms with Crippen molar-refractivity contribution in [2.75, 3.05) is 13.1 Å². The van der Waals surface area contributed by atoms with Crippen molar-refractivity contribution in [1.82, 2.24) is 25.2 Å². The average molecular weight is 742 g/mol. The molecule has 0 aromatic heterocycles. The fourth-order valence-corrected chi connectivity index (χ4v) is 8.88. The Balaban J connectivity index is 1.25. The van der Waals surface area contributed by atoms with Crippen LogP contribution in [0.5, 0.6) is 0 Å². The first-order valence-electron chi connectivity index (χ1n) is 18.4. The summed E-state index contributed by atoms with van der Waals surface area (Å²) in [6, 6.07) is 5.70. The summed E-state index contributed by atoms with van der Waals surface area (Å²) in [6.07, 6.45) is 5.73. The molecule has 3 N–H and O–H groups in total. The van der Waals surface area contributed by atoms with Gasteiger partial charge >= 0.3 is 12.2 Å². The van der Waals surface area contributed by atoms with E-state index >= 15 is 0 Å². The summed E-state index contributed by atoms with van der Waals surface area (Å²) >= 11 is 0. The van der Waals surface area contributed by atoms with Gasteiger partial charge in [-0.2, -0.15) is 0 Å². The molecular formula is C37H51N5O9S. The van der Waals surface area contributed by atoms with Crippen LogP contribution in [0.15, 0.2) is 36.4 Å². The normalized spacial score (nSPS) is 29.7. The minimum absolute atomic E-state index is 0.0545. The minimum atomic E-state index is -3.90. The van der Waals surface area contributed by atoms with E-state index in [0.717, 1.165) is 18.4 Å². The van der Waals surface area contributed by atoms with Gasteiger partial charge < -0.3 is 29.9 Å². The number of carbonyl (C=O) groups is 5. The molecule has 0 radical (unpaired) electrons. The lowest BCUT2D eigenvalue weighted by atomic mass is 9.91. The molecule has 15 heteroatoms. The van der Waals surface area contributed by atoms with E-state index < -0.39 is 80.4 Å². The maximum Gasteiger partial charge on any atom is 0.410 e. The molecule has 1 unspecified atom stereocenters. The maximum absolute atomic E-state index is 14.4. The van der Waals surface area contributed by atoms with Crippen molar-refractivity contribution < 1.29 is 41.9 Å². The van der Waals surface area contributed by atoms with Crippen LogP contribution in [0.3, 0.4) is 0 Å². The van der Waals surface area contributed by atoms with Crippen LogP contribution in [-0.2, 0) is 40.4 Å². The molecule has 1 aromatic rings. The molecule has 2 saturated carbocycles. The first kappa shape index (κ1) is 37.6. The molecule has 3 fully saturated rings. The molecule has 52 heavy (non-hydrogen) atoms. The summed E-state index contributed by atoms with van der Waals surface area (Å²) in [5.41, 5.74) is -0.155. The SMILES string of the molecule is CC1CN(C(=O)O[C@@H]2C[C@H]3C(=O)N[C@]4(C(=O)NS(=O)(=O)C5CC5)C[C@H]4C=CCCCCC[C@H](NC(=O)OC(C)(C)C)C(=O)N3C2)Cc2ccccc21. The Bertz CT molecular complexity index is 1720. The second kappa shape index (κ2) is 14.7.